The van der Waals surface area contributed by atoms with Crippen molar-refractivity contribution in [2.75, 3.05) is 14.2 Å². The molecule has 1 aliphatic carbocycles. The summed E-state index contributed by atoms with van der Waals surface area (Å²) in [6.45, 7) is 7.57. The van der Waals surface area contributed by atoms with E-state index in [0.717, 1.165) is 11.1 Å². The molecule has 0 amide bonds. The minimum Gasteiger partial charge on any atom is -0.504 e. The zero-order valence-corrected chi connectivity index (χ0v) is 26.2. The first-order valence-corrected chi connectivity index (χ1v) is 14.6. The highest BCUT2D eigenvalue weighted by Gasteiger charge is 2.35. The molecule has 0 aliphatic heterocycles. The molecule has 2 aromatic rings. The normalized spacial score (nSPS) is 19.0. The van der Waals surface area contributed by atoms with E-state index in [4.69, 9.17) is 9.47 Å². The summed E-state index contributed by atoms with van der Waals surface area (Å²) in [5, 5.41) is 31.6. The summed E-state index contributed by atoms with van der Waals surface area (Å²) in [5.41, 5.74) is 3.49. The number of hydrogen-bond acceptors (Lipinski definition) is 8. The van der Waals surface area contributed by atoms with E-state index >= 15 is 0 Å². The average Bonchev–Trinajstić information content (AvgIpc) is 2.96. The fourth-order valence-electron chi connectivity index (χ4n) is 5.49. The Balaban J connectivity index is 1.83. The number of allylic oxidation sites excluding steroid dienone is 5. The second-order valence-electron chi connectivity index (χ2n) is 11.6. The Labute approximate surface area is 259 Å². The van der Waals surface area contributed by atoms with Gasteiger partial charge in [-0.05, 0) is 98.2 Å². The molecule has 234 valence electrons. The third-order valence-electron chi connectivity index (χ3n) is 7.81. The molecule has 0 spiro atoms. The van der Waals surface area contributed by atoms with Crippen molar-refractivity contribution >= 4 is 29.5 Å². The largest absolute Gasteiger partial charge is 0.504 e. The molecular weight excluding hydrogens is 560 g/mol. The molecule has 4 atom stereocenters. The molecule has 0 saturated heterocycles. The lowest BCUT2D eigenvalue weighted by molar-refractivity contribution is -0.122. The summed E-state index contributed by atoms with van der Waals surface area (Å²) in [4.78, 5) is 37.7. The van der Waals surface area contributed by atoms with E-state index in [1.807, 2.05) is 33.8 Å². The molecule has 3 rings (SSSR count). The second kappa shape index (κ2) is 15.3. The standard InChI is InChI=1S/C36H42O8/c1-21(2)13-28(39)14-22(3)29-20-33(41)23(4)15-30(29)31-16-25(18-35(44-6)36(31)42)8-11-27(38)19-26(37)10-7-24-9-12-32(40)34(17-24)43-5/h7-13,15-18,22,29-30,33,40-42H,14,19-20H2,1-6H3. The van der Waals surface area contributed by atoms with Gasteiger partial charge in [-0.2, -0.15) is 0 Å². The van der Waals surface area contributed by atoms with Gasteiger partial charge in [0.15, 0.2) is 40.3 Å². The van der Waals surface area contributed by atoms with E-state index in [1.165, 1.54) is 32.4 Å². The van der Waals surface area contributed by atoms with Gasteiger partial charge in [0, 0.05) is 17.9 Å². The Kier molecular flexibility index (Phi) is 11.9. The predicted octanol–water partition coefficient (Wildman–Crippen LogP) is 6.34. The van der Waals surface area contributed by atoms with Gasteiger partial charge in [-0.3, -0.25) is 14.4 Å². The molecule has 0 aromatic heterocycles. The maximum absolute atomic E-state index is 12.6. The summed E-state index contributed by atoms with van der Waals surface area (Å²) in [6.07, 6.45) is 9.03. The number of hydrogen-bond donors (Lipinski definition) is 3. The van der Waals surface area contributed by atoms with Crippen LogP contribution in [0.4, 0.5) is 0 Å². The van der Waals surface area contributed by atoms with Crippen LogP contribution >= 0.6 is 0 Å². The first kappa shape index (κ1) is 34.1. The molecule has 0 bridgehead atoms. The molecule has 0 fully saturated rings. The van der Waals surface area contributed by atoms with Gasteiger partial charge in [-0.15, -0.1) is 0 Å². The molecule has 8 heteroatoms. The van der Waals surface area contributed by atoms with Crippen molar-refractivity contribution in [1.82, 2.24) is 0 Å². The van der Waals surface area contributed by atoms with Crippen LogP contribution in [0.3, 0.4) is 0 Å². The Bertz CT molecular complexity index is 1510. The van der Waals surface area contributed by atoms with E-state index in [-0.39, 0.29) is 53.0 Å². The zero-order valence-electron chi connectivity index (χ0n) is 26.2. The number of phenols is 2. The van der Waals surface area contributed by atoms with Gasteiger partial charge in [-0.1, -0.05) is 36.8 Å². The van der Waals surface area contributed by atoms with E-state index in [2.05, 4.69) is 0 Å². The zero-order chi connectivity index (χ0) is 32.6. The Morgan fingerprint density at radius 1 is 0.932 bits per heavy atom. The van der Waals surface area contributed by atoms with Crippen molar-refractivity contribution < 1.29 is 39.2 Å². The van der Waals surface area contributed by atoms with Crippen LogP contribution < -0.4 is 9.47 Å². The molecule has 4 unspecified atom stereocenters. The van der Waals surface area contributed by atoms with Crippen LogP contribution in [0.1, 0.15) is 69.6 Å². The number of aliphatic hydroxyl groups is 1. The van der Waals surface area contributed by atoms with Crippen LogP contribution in [0.5, 0.6) is 23.0 Å². The van der Waals surface area contributed by atoms with Gasteiger partial charge >= 0.3 is 0 Å². The third-order valence-corrected chi connectivity index (χ3v) is 7.81. The van der Waals surface area contributed by atoms with Crippen molar-refractivity contribution in [3.63, 3.8) is 0 Å². The topological polar surface area (TPSA) is 130 Å². The number of aromatic hydroxyl groups is 2. The predicted molar refractivity (Wildman–Crippen MR) is 171 cm³/mol. The number of rotatable bonds is 13. The molecular formula is C36H42O8. The maximum atomic E-state index is 12.6. The lowest BCUT2D eigenvalue weighted by Crippen LogP contribution is -2.30. The second-order valence-corrected chi connectivity index (χ2v) is 11.6. The van der Waals surface area contributed by atoms with E-state index in [9.17, 15) is 29.7 Å². The number of carbonyl (C=O) groups excluding carboxylic acids is 3. The summed E-state index contributed by atoms with van der Waals surface area (Å²) < 4.78 is 10.5. The van der Waals surface area contributed by atoms with E-state index < -0.39 is 17.7 Å². The molecule has 1 aliphatic rings. The monoisotopic (exact) mass is 602 g/mol. The van der Waals surface area contributed by atoms with Crippen LogP contribution in [0.2, 0.25) is 0 Å². The average molecular weight is 603 g/mol. The minimum atomic E-state index is -0.648. The molecule has 0 heterocycles. The summed E-state index contributed by atoms with van der Waals surface area (Å²) in [5.74, 6) is -0.881. The number of phenolic OH excluding ortho intramolecular Hbond substituents is 2. The smallest absolute Gasteiger partial charge is 0.163 e. The summed E-state index contributed by atoms with van der Waals surface area (Å²) in [7, 11) is 2.87. The SMILES string of the molecule is COc1cc(C=CC(=O)CC(=O)C=Cc2cc(OC)c(O)c(C3C=C(C)C(O)CC3C(C)CC(=O)C=C(C)C)c2)ccc1O. The van der Waals surface area contributed by atoms with Crippen LogP contribution in [0, 0.1) is 11.8 Å². The first-order chi connectivity index (χ1) is 20.8. The molecule has 44 heavy (non-hydrogen) atoms. The third kappa shape index (κ3) is 9.04. The van der Waals surface area contributed by atoms with Gasteiger partial charge in [0.05, 0.1) is 26.7 Å². The molecule has 3 N–H and O–H groups in total. The van der Waals surface area contributed by atoms with Gasteiger partial charge < -0.3 is 24.8 Å². The summed E-state index contributed by atoms with van der Waals surface area (Å²) >= 11 is 0. The highest BCUT2D eigenvalue weighted by Crippen LogP contribution is 2.47. The van der Waals surface area contributed by atoms with E-state index in [1.54, 1.807) is 42.5 Å². The number of benzene rings is 2. The quantitative estimate of drug-likeness (QED) is 0.138. The minimum absolute atomic E-state index is 0.0150. The van der Waals surface area contributed by atoms with Crippen molar-refractivity contribution in [2.24, 2.45) is 11.8 Å². The molecule has 0 radical (unpaired) electrons. The van der Waals surface area contributed by atoms with Crippen LogP contribution in [0.25, 0.3) is 12.2 Å². The Hall–Kier alpha value is -4.43. The Morgan fingerprint density at radius 3 is 2.16 bits per heavy atom. The van der Waals surface area contributed by atoms with Gasteiger partial charge in [0.2, 0.25) is 0 Å². The lowest BCUT2D eigenvalue weighted by Gasteiger charge is -2.37. The van der Waals surface area contributed by atoms with Crippen LogP contribution in [-0.2, 0) is 14.4 Å². The van der Waals surface area contributed by atoms with Crippen molar-refractivity contribution in [1.29, 1.82) is 0 Å². The highest BCUT2D eigenvalue weighted by atomic mass is 16.5. The fraction of sp³-hybridized carbons (Fsp3) is 0.361. The van der Waals surface area contributed by atoms with Crippen LogP contribution in [0.15, 0.2) is 65.8 Å². The highest BCUT2D eigenvalue weighted by molar-refractivity contribution is 6.10. The number of ketones is 3. The Morgan fingerprint density at radius 2 is 1.55 bits per heavy atom. The summed E-state index contributed by atoms with van der Waals surface area (Å²) in [6, 6.07) is 8.03. The number of carbonyl (C=O) groups is 3. The van der Waals surface area contributed by atoms with Crippen LogP contribution in [-0.4, -0.2) is 53.0 Å². The van der Waals surface area contributed by atoms with E-state index in [0.29, 0.717) is 29.5 Å². The van der Waals surface area contributed by atoms with Gasteiger partial charge in [-0.25, -0.2) is 0 Å². The molecule has 0 saturated carbocycles. The fourth-order valence-corrected chi connectivity index (χ4v) is 5.49. The first-order valence-electron chi connectivity index (χ1n) is 14.6. The number of methoxy groups -OCH3 is 2. The van der Waals surface area contributed by atoms with Crippen molar-refractivity contribution in [2.45, 2.75) is 59.0 Å². The maximum Gasteiger partial charge on any atom is 0.163 e. The molecule has 8 nitrogen and oxygen atoms in total. The van der Waals surface area contributed by atoms with Gasteiger partial charge in [0.1, 0.15) is 0 Å². The molecule has 2 aromatic carbocycles. The van der Waals surface area contributed by atoms with Crippen molar-refractivity contribution in [3.8, 4) is 23.0 Å². The van der Waals surface area contributed by atoms with Gasteiger partial charge in [0.25, 0.3) is 0 Å². The lowest BCUT2D eigenvalue weighted by atomic mass is 9.69. The van der Waals surface area contributed by atoms with Crippen molar-refractivity contribution in [3.05, 3.63) is 82.5 Å². The number of ether oxygens (including phenoxy) is 2. The number of aliphatic hydroxyl groups excluding tert-OH is 1.